The maximum atomic E-state index is 10.5. The fraction of sp³-hybridized carbons (Fsp3) is 0.136. The molecule has 1 unspecified atom stereocenters. The van der Waals surface area contributed by atoms with Gasteiger partial charge in [0.15, 0.2) is 0 Å². The van der Waals surface area contributed by atoms with Crippen LogP contribution in [0.5, 0.6) is 5.75 Å². The third kappa shape index (κ3) is 6.93. The third-order valence-electron chi connectivity index (χ3n) is 3.64. The highest BCUT2D eigenvalue weighted by molar-refractivity contribution is 5.87. The summed E-state index contributed by atoms with van der Waals surface area (Å²) in [5, 5.41) is 26.1. The van der Waals surface area contributed by atoms with Gasteiger partial charge in [-0.1, -0.05) is 60.7 Å². The Bertz CT molecular complexity index is 764. The molecule has 3 rings (SSSR count). The molecule has 0 aliphatic heterocycles. The van der Waals surface area contributed by atoms with Gasteiger partial charge in [-0.2, -0.15) is 0 Å². The second-order valence-corrected chi connectivity index (χ2v) is 5.71. The van der Waals surface area contributed by atoms with Crippen LogP contribution < -0.4 is 4.74 Å². The molecule has 0 heterocycles. The first-order chi connectivity index (χ1) is 13.1. The van der Waals surface area contributed by atoms with Gasteiger partial charge in [0.1, 0.15) is 18.5 Å². The zero-order valence-corrected chi connectivity index (χ0v) is 14.7. The van der Waals surface area contributed by atoms with Gasteiger partial charge in [-0.25, -0.2) is 4.79 Å². The predicted molar refractivity (Wildman–Crippen MR) is 104 cm³/mol. The number of hydrogen-bond donors (Lipinski definition) is 3. The summed E-state index contributed by atoms with van der Waals surface area (Å²) in [5.74, 6) is -0.551. The molecule has 0 aliphatic rings. The molecule has 0 fully saturated rings. The van der Waals surface area contributed by atoms with Crippen LogP contribution in [0.3, 0.4) is 0 Å². The molecule has 0 radical (unpaired) electrons. The average molecular weight is 366 g/mol. The normalized spacial score (nSPS) is 11.0. The number of carboxylic acid groups (broad SMARTS) is 1. The van der Waals surface area contributed by atoms with Crippen LogP contribution in [-0.4, -0.2) is 40.6 Å². The minimum absolute atomic E-state index is 0.0249. The first-order valence-corrected chi connectivity index (χ1v) is 8.45. The lowest BCUT2D eigenvalue weighted by atomic mass is 10.1. The molecule has 0 bridgehead atoms. The van der Waals surface area contributed by atoms with E-state index >= 15 is 0 Å². The number of carboxylic acids is 1. The third-order valence-corrected chi connectivity index (χ3v) is 3.64. The maximum absolute atomic E-state index is 10.5. The summed E-state index contributed by atoms with van der Waals surface area (Å²) in [7, 11) is 0. The molecule has 3 N–H and O–H groups in total. The van der Waals surface area contributed by atoms with E-state index in [1.807, 2.05) is 12.1 Å². The Morgan fingerprint density at radius 3 is 1.70 bits per heavy atom. The molecular weight excluding hydrogens is 344 g/mol. The maximum Gasteiger partial charge on any atom is 0.335 e. The van der Waals surface area contributed by atoms with Crippen LogP contribution in [0.4, 0.5) is 0 Å². The van der Waals surface area contributed by atoms with E-state index in [1.54, 1.807) is 0 Å². The van der Waals surface area contributed by atoms with Crippen LogP contribution in [0.2, 0.25) is 0 Å². The topological polar surface area (TPSA) is 87.0 Å². The van der Waals surface area contributed by atoms with E-state index in [0.29, 0.717) is 5.75 Å². The molecular formula is C22H22O5. The van der Waals surface area contributed by atoms with E-state index < -0.39 is 12.1 Å². The van der Waals surface area contributed by atoms with Gasteiger partial charge >= 0.3 is 5.97 Å². The number of rotatable bonds is 6. The van der Waals surface area contributed by atoms with Crippen LogP contribution in [0.1, 0.15) is 10.4 Å². The number of carbonyl (C=O) groups is 1. The van der Waals surface area contributed by atoms with Gasteiger partial charge in [-0.05, 0) is 35.4 Å². The lowest BCUT2D eigenvalue weighted by molar-refractivity contribution is 0.0536. The van der Waals surface area contributed by atoms with Crippen LogP contribution in [0, 0.1) is 0 Å². The summed E-state index contributed by atoms with van der Waals surface area (Å²) in [6.07, 6.45) is -0.927. The zero-order valence-electron chi connectivity index (χ0n) is 14.7. The van der Waals surface area contributed by atoms with Gasteiger partial charge < -0.3 is 20.1 Å². The summed E-state index contributed by atoms with van der Waals surface area (Å²) in [6.45, 7) is -0.393. The van der Waals surface area contributed by atoms with Crippen molar-refractivity contribution in [3.8, 4) is 16.9 Å². The van der Waals surface area contributed by atoms with Crippen molar-refractivity contribution in [3.63, 3.8) is 0 Å². The average Bonchev–Trinajstić information content (AvgIpc) is 2.74. The van der Waals surface area contributed by atoms with Gasteiger partial charge in [0.25, 0.3) is 0 Å². The smallest absolute Gasteiger partial charge is 0.335 e. The first-order valence-electron chi connectivity index (χ1n) is 8.45. The van der Waals surface area contributed by atoms with Gasteiger partial charge in [0.2, 0.25) is 0 Å². The second kappa shape index (κ2) is 10.8. The Kier molecular flexibility index (Phi) is 8.03. The fourth-order valence-corrected chi connectivity index (χ4v) is 2.20. The summed E-state index contributed by atoms with van der Waals surface area (Å²) in [6, 6.07) is 26.6. The van der Waals surface area contributed by atoms with Crippen LogP contribution in [0.15, 0.2) is 84.9 Å². The Labute approximate surface area is 158 Å². The number of ether oxygens (including phenoxy) is 1. The SMILES string of the molecule is O=C(O)c1ccc(OCC(O)CO)cc1.c1ccc(-c2ccccc2)cc1. The molecule has 5 heteroatoms. The lowest BCUT2D eigenvalue weighted by Gasteiger charge is -2.09. The minimum atomic E-state index is -1.00. The summed E-state index contributed by atoms with van der Waals surface area (Å²) in [4.78, 5) is 10.5. The zero-order chi connectivity index (χ0) is 19.5. The largest absolute Gasteiger partial charge is 0.491 e. The van der Waals surface area contributed by atoms with Crippen molar-refractivity contribution in [2.45, 2.75) is 6.10 Å². The number of aromatic carboxylic acids is 1. The summed E-state index contributed by atoms with van der Waals surface area (Å²) in [5.41, 5.74) is 2.72. The predicted octanol–water partition coefficient (Wildman–Crippen LogP) is 3.47. The van der Waals surface area contributed by atoms with E-state index in [4.69, 9.17) is 20.1 Å². The molecule has 0 saturated carbocycles. The summed E-state index contributed by atoms with van der Waals surface area (Å²) < 4.78 is 5.09. The quantitative estimate of drug-likeness (QED) is 0.622. The first kappa shape index (κ1) is 20.2. The number of hydrogen-bond acceptors (Lipinski definition) is 4. The van der Waals surface area contributed by atoms with Crippen molar-refractivity contribution in [2.75, 3.05) is 13.2 Å². The molecule has 140 valence electrons. The van der Waals surface area contributed by atoms with E-state index in [2.05, 4.69) is 48.5 Å². The number of aliphatic hydroxyl groups is 2. The highest BCUT2D eigenvalue weighted by atomic mass is 16.5. The van der Waals surface area contributed by atoms with E-state index in [1.165, 1.54) is 35.4 Å². The second-order valence-electron chi connectivity index (χ2n) is 5.71. The van der Waals surface area contributed by atoms with Crippen LogP contribution in [0.25, 0.3) is 11.1 Å². The fourth-order valence-electron chi connectivity index (χ4n) is 2.20. The molecule has 0 amide bonds. The Hall–Kier alpha value is -3.15. The van der Waals surface area contributed by atoms with Crippen molar-refractivity contribution >= 4 is 5.97 Å². The van der Waals surface area contributed by atoms with Crippen LogP contribution >= 0.6 is 0 Å². The molecule has 27 heavy (non-hydrogen) atoms. The molecule has 5 nitrogen and oxygen atoms in total. The monoisotopic (exact) mass is 366 g/mol. The Balaban J connectivity index is 0.000000198. The van der Waals surface area contributed by atoms with Crippen molar-refractivity contribution < 1.29 is 24.9 Å². The van der Waals surface area contributed by atoms with Crippen molar-refractivity contribution in [2.24, 2.45) is 0 Å². The van der Waals surface area contributed by atoms with E-state index in [0.717, 1.165) is 0 Å². The van der Waals surface area contributed by atoms with E-state index in [-0.39, 0.29) is 18.8 Å². The highest BCUT2D eigenvalue weighted by Crippen LogP contribution is 2.17. The van der Waals surface area contributed by atoms with Gasteiger partial charge in [0, 0.05) is 0 Å². The molecule has 3 aromatic rings. The van der Waals surface area contributed by atoms with Crippen molar-refractivity contribution in [1.29, 1.82) is 0 Å². The number of aliphatic hydroxyl groups excluding tert-OH is 2. The molecule has 0 aromatic heterocycles. The van der Waals surface area contributed by atoms with Crippen molar-refractivity contribution in [3.05, 3.63) is 90.5 Å². The highest BCUT2D eigenvalue weighted by Gasteiger charge is 2.04. The van der Waals surface area contributed by atoms with Crippen LogP contribution in [-0.2, 0) is 0 Å². The Morgan fingerprint density at radius 1 is 0.815 bits per heavy atom. The minimum Gasteiger partial charge on any atom is -0.491 e. The lowest BCUT2D eigenvalue weighted by Crippen LogP contribution is -2.21. The van der Waals surface area contributed by atoms with Gasteiger partial charge in [-0.15, -0.1) is 0 Å². The van der Waals surface area contributed by atoms with Gasteiger partial charge in [-0.3, -0.25) is 0 Å². The summed E-state index contributed by atoms with van der Waals surface area (Å²) >= 11 is 0. The van der Waals surface area contributed by atoms with Crippen molar-refractivity contribution in [1.82, 2.24) is 0 Å². The molecule has 1 atom stereocenters. The molecule has 0 aliphatic carbocycles. The number of benzene rings is 3. The molecule has 0 spiro atoms. The molecule has 3 aromatic carbocycles. The van der Waals surface area contributed by atoms with Gasteiger partial charge in [0.05, 0.1) is 12.2 Å². The standard InChI is InChI=1S/C12H10.C10H12O5/c1-3-7-11(8-4-1)12-9-5-2-6-10-12;11-5-8(12)6-15-9-3-1-7(2-4-9)10(13)14/h1-10H;1-4,8,11-12H,5-6H2,(H,13,14). The molecule has 0 saturated heterocycles. The Morgan fingerprint density at radius 2 is 1.30 bits per heavy atom. The van der Waals surface area contributed by atoms with E-state index in [9.17, 15) is 4.79 Å².